The number of hydrogen-bond acceptors (Lipinski definition) is 5. The van der Waals surface area contributed by atoms with Crippen LogP contribution in [0.5, 0.6) is 0 Å². The van der Waals surface area contributed by atoms with Gasteiger partial charge in [0.25, 0.3) is 0 Å². The second kappa shape index (κ2) is 4.75. The summed E-state index contributed by atoms with van der Waals surface area (Å²) in [7, 11) is 0. The van der Waals surface area contributed by atoms with Crippen LogP contribution in [0.15, 0.2) is 17.2 Å². The molecule has 2 aromatic heterocycles. The lowest BCUT2D eigenvalue weighted by Gasteiger charge is -2.04. The zero-order valence-electron chi connectivity index (χ0n) is 8.81. The van der Waals surface area contributed by atoms with Crippen molar-refractivity contribution in [3.63, 3.8) is 0 Å². The Hall–Kier alpha value is -1.89. The third-order valence-electron chi connectivity index (χ3n) is 2.25. The molecule has 0 radical (unpaired) electrons. The first kappa shape index (κ1) is 10.6. The lowest BCUT2D eigenvalue weighted by molar-refractivity contribution is 0.772. The highest BCUT2D eigenvalue weighted by molar-refractivity contribution is 5.48. The predicted molar refractivity (Wildman–Crippen MR) is 60.4 cm³/mol. The number of aromatic nitrogens is 4. The van der Waals surface area contributed by atoms with Gasteiger partial charge in [-0.1, -0.05) is 0 Å². The average Bonchev–Trinajstić information content (AvgIpc) is 2.66. The largest absolute Gasteiger partial charge is 0.370 e. The first-order valence-electron chi connectivity index (χ1n) is 5.18. The summed E-state index contributed by atoms with van der Waals surface area (Å²) in [6, 6.07) is 1.72. The quantitative estimate of drug-likeness (QED) is 0.596. The number of H-pyrrole nitrogens is 1. The molecule has 7 nitrogen and oxygen atoms in total. The predicted octanol–water partition coefficient (Wildman–Crippen LogP) is -0.432. The van der Waals surface area contributed by atoms with Crippen LogP contribution < -0.4 is 16.7 Å². The number of aromatic amines is 1. The van der Waals surface area contributed by atoms with E-state index in [1.54, 1.807) is 6.07 Å². The average molecular weight is 222 g/mol. The van der Waals surface area contributed by atoms with Crippen LogP contribution >= 0.6 is 0 Å². The minimum atomic E-state index is -0.280. The number of hydrogen-bond donors (Lipinski definition) is 3. The topological polar surface area (TPSA) is 101 Å². The molecule has 0 unspecified atom stereocenters. The van der Waals surface area contributed by atoms with Crippen molar-refractivity contribution < 1.29 is 0 Å². The maximum absolute atomic E-state index is 11.2. The van der Waals surface area contributed by atoms with Crippen molar-refractivity contribution in [3.8, 4) is 0 Å². The van der Waals surface area contributed by atoms with Gasteiger partial charge in [-0.3, -0.25) is 0 Å². The molecular formula is C9H14N6O. The molecule has 0 saturated carbocycles. The normalized spacial score (nSPS) is 10.8. The highest BCUT2D eigenvalue weighted by atomic mass is 16.1. The van der Waals surface area contributed by atoms with E-state index in [0.29, 0.717) is 18.0 Å². The Bertz CT molecular complexity index is 516. The van der Waals surface area contributed by atoms with Gasteiger partial charge in [-0.2, -0.15) is 5.10 Å². The molecule has 0 aliphatic rings. The number of rotatable bonds is 5. The van der Waals surface area contributed by atoms with Gasteiger partial charge in [0.05, 0.1) is 0 Å². The number of nitrogens with zero attached hydrogens (tertiary/aromatic N) is 3. The van der Waals surface area contributed by atoms with Gasteiger partial charge in [0.1, 0.15) is 12.1 Å². The zero-order chi connectivity index (χ0) is 11.4. The summed E-state index contributed by atoms with van der Waals surface area (Å²) in [5.74, 6) is 0.712. The Balaban J connectivity index is 2.05. The summed E-state index contributed by atoms with van der Waals surface area (Å²) in [6.45, 7) is 1.51. The second-order valence-electron chi connectivity index (χ2n) is 3.45. The molecule has 0 fully saturated rings. The molecule has 4 N–H and O–H groups in total. The lowest BCUT2D eigenvalue weighted by Crippen LogP contribution is -2.11. The molecule has 0 saturated heterocycles. The van der Waals surface area contributed by atoms with Crippen LogP contribution in [0.3, 0.4) is 0 Å². The Labute approximate surface area is 91.7 Å². The van der Waals surface area contributed by atoms with Gasteiger partial charge >= 0.3 is 5.69 Å². The number of fused-ring (bicyclic) bond motifs is 1. The zero-order valence-corrected chi connectivity index (χ0v) is 8.81. The highest BCUT2D eigenvalue weighted by Crippen LogP contribution is 2.04. The third-order valence-corrected chi connectivity index (χ3v) is 2.25. The molecule has 0 amide bonds. The molecule has 0 aromatic carbocycles. The van der Waals surface area contributed by atoms with E-state index in [9.17, 15) is 4.79 Å². The van der Waals surface area contributed by atoms with E-state index in [0.717, 1.165) is 19.4 Å². The maximum Gasteiger partial charge on any atom is 0.348 e. The summed E-state index contributed by atoms with van der Waals surface area (Å²) >= 11 is 0. The molecule has 86 valence electrons. The van der Waals surface area contributed by atoms with E-state index in [4.69, 9.17) is 5.73 Å². The van der Waals surface area contributed by atoms with Crippen LogP contribution in [0, 0.1) is 0 Å². The van der Waals surface area contributed by atoms with Gasteiger partial charge < -0.3 is 11.1 Å². The Morgan fingerprint density at radius 2 is 2.38 bits per heavy atom. The van der Waals surface area contributed by atoms with Crippen LogP contribution in [0.4, 0.5) is 5.82 Å². The first-order chi connectivity index (χ1) is 7.81. The van der Waals surface area contributed by atoms with Crippen LogP contribution in [0.2, 0.25) is 0 Å². The van der Waals surface area contributed by atoms with E-state index >= 15 is 0 Å². The lowest BCUT2D eigenvalue weighted by atomic mass is 10.3. The minimum Gasteiger partial charge on any atom is -0.370 e. The molecule has 0 atom stereocenters. The summed E-state index contributed by atoms with van der Waals surface area (Å²) in [6.07, 6.45) is 3.43. The monoisotopic (exact) mass is 222 g/mol. The summed E-state index contributed by atoms with van der Waals surface area (Å²) in [4.78, 5) is 15.3. The molecule has 0 bridgehead atoms. The van der Waals surface area contributed by atoms with Crippen molar-refractivity contribution in [2.45, 2.75) is 12.8 Å². The van der Waals surface area contributed by atoms with Crippen LogP contribution in [0.1, 0.15) is 12.8 Å². The van der Waals surface area contributed by atoms with E-state index in [1.165, 1.54) is 10.7 Å². The van der Waals surface area contributed by atoms with Gasteiger partial charge in [-0.05, 0) is 19.4 Å². The number of unbranched alkanes of at least 4 members (excludes halogenated alkanes) is 1. The number of nitrogens with two attached hydrogens (primary N) is 1. The fourth-order valence-corrected chi connectivity index (χ4v) is 1.39. The summed E-state index contributed by atoms with van der Waals surface area (Å²) in [5, 5.41) is 9.35. The van der Waals surface area contributed by atoms with Crippen LogP contribution in [0.25, 0.3) is 5.65 Å². The molecule has 2 rings (SSSR count). The smallest absolute Gasteiger partial charge is 0.348 e. The minimum absolute atomic E-state index is 0.280. The fourth-order valence-electron chi connectivity index (χ4n) is 1.39. The molecular weight excluding hydrogens is 208 g/mol. The number of nitrogens with one attached hydrogen (secondary N) is 2. The van der Waals surface area contributed by atoms with Crippen molar-refractivity contribution in [1.82, 2.24) is 19.6 Å². The van der Waals surface area contributed by atoms with Crippen molar-refractivity contribution >= 4 is 11.5 Å². The number of anilines is 1. The molecule has 0 spiro atoms. The van der Waals surface area contributed by atoms with Gasteiger partial charge in [-0.15, -0.1) is 0 Å². The fraction of sp³-hybridized carbons (Fsp3) is 0.444. The van der Waals surface area contributed by atoms with Gasteiger partial charge in [0.15, 0.2) is 5.65 Å². The van der Waals surface area contributed by atoms with E-state index < -0.39 is 0 Å². The molecule has 0 aliphatic heterocycles. The maximum atomic E-state index is 11.2. The van der Waals surface area contributed by atoms with E-state index in [-0.39, 0.29) is 5.69 Å². The van der Waals surface area contributed by atoms with Crippen molar-refractivity contribution in [2.75, 3.05) is 18.4 Å². The molecule has 2 aromatic rings. The van der Waals surface area contributed by atoms with E-state index in [2.05, 4.69) is 20.5 Å². The highest BCUT2D eigenvalue weighted by Gasteiger charge is 2.01. The molecule has 7 heteroatoms. The van der Waals surface area contributed by atoms with Gasteiger partial charge in [0, 0.05) is 12.6 Å². The Morgan fingerprint density at radius 1 is 1.50 bits per heavy atom. The van der Waals surface area contributed by atoms with Crippen molar-refractivity contribution in [3.05, 3.63) is 22.9 Å². The first-order valence-corrected chi connectivity index (χ1v) is 5.18. The van der Waals surface area contributed by atoms with E-state index in [1.807, 2.05) is 0 Å². The standard InChI is InChI=1S/C9H14N6O/c10-3-1-2-4-11-7-5-8-13-14-9(16)15(8)6-12-7/h5-6,11H,1-4,10H2,(H,14,16). The SMILES string of the molecule is NCCCCNc1cc2n[nH]c(=O)n2cn1. The molecule has 2 heterocycles. The summed E-state index contributed by atoms with van der Waals surface area (Å²) < 4.78 is 1.35. The van der Waals surface area contributed by atoms with Crippen molar-refractivity contribution in [2.24, 2.45) is 5.73 Å². The second-order valence-corrected chi connectivity index (χ2v) is 3.45. The molecule has 0 aliphatic carbocycles. The van der Waals surface area contributed by atoms with Crippen LogP contribution in [-0.2, 0) is 0 Å². The molecule has 16 heavy (non-hydrogen) atoms. The van der Waals surface area contributed by atoms with Crippen LogP contribution in [-0.4, -0.2) is 32.7 Å². The Morgan fingerprint density at radius 3 is 3.19 bits per heavy atom. The van der Waals surface area contributed by atoms with Gasteiger partial charge in [-0.25, -0.2) is 19.3 Å². The van der Waals surface area contributed by atoms with Crippen molar-refractivity contribution in [1.29, 1.82) is 0 Å². The van der Waals surface area contributed by atoms with Gasteiger partial charge in [0.2, 0.25) is 0 Å². The summed E-state index contributed by atoms with van der Waals surface area (Å²) in [5.41, 5.74) is 5.67. The Kier molecular flexibility index (Phi) is 3.16. The third kappa shape index (κ3) is 2.19.